The summed E-state index contributed by atoms with van der Waals surface area (Å²) in [6, 6.07) is 9.62. The van der Waals surface area contributed by atoms with Gasteiger partial charge in [-0.2, -0.15) is 5.10 Å². The Morgan fingerprint density at radius 2 is 1.81 bits per heavy atom. The maximum absolute atomic E-state index is 4.39. The molecule has 0 radical (unpaired) electrons. The molecule has 1 N–H and O–H groups in total. The molecule has 1 aromatic carbocycles. The Hall–Kier alpha value is -1.77. The number of fused-ring (bicyclic) bond motifs is 3. The Morgan fingerprint density at radius 1 is 1.14 bits per heavy atom. The van der Waals surface area contributed by atoms with Gasteiger partial charge >= 0.3 is 0 Å². The average Bonchev–Trinajstić information content (AvgIpc) is 3.04. The summed E-state index contributed by atoms with van der Waals surface area (Å²) >= 11 is 0. The first-order valence-corrected chi connectivity index (χ1v) is 8.19. The Labute approximate surface area is 126 Å². The van der Waals surface area contributed by atoms with Crippen LogP contribution in [0.4, 0.5) is 5.69 Å². The molecule has 1 fully saturated rings. The van der Waals surface area contributed by atoms with Crippen LogP contribution >= 0.6 is 0 Å². The van der Waals surface area contributed by atoms with Gasteiger partial charge < -0.3 is 5.32 Å². The third-order valence-corrected chi connectivity index (χ3v) is 5.30. The van der Waals surface area contributed by atoms with E-state index in [0.29, 0.717) is 6.04 Å². The zero-order chi connectivity index (χ0) is 14.2. The summed E-state index contributed by atoms with van der Waals surface area (Å²) < 4.78 is 2.00. The van der Waals surface area contributed by atoms with Gasteiger partial charge in [-0.25, -0.2) is 0 Å². The van der Waals surface area contributed by atoms with Crippen LogP contribution in [0.5, 0.6) is 0 Å². The van der Waals surface area contributed by atoms with Crippen molar-refractivity contribution in [3.63, 3.8) is 0 Å². The number of hydrogen-bond donors (Lipinski definition) is 1. The van der Waals surface area contributed by atoms with E-state index in [-0.39, 0.29) is 0 Å². The van der Waals surface area contributed by atoms with E-state index >= 15 is 0 Å². The molecule has 2 bridgehead atoms. The van der Waals surface area contributed by atoms with Crippen molar-refractivity contribution >= 4 is 5.69 Å². The Kier molecular flexibility index (Phi) is 3.21. The molecule has 1 heterocycles. The van der Waals surface area contributed by atoms with Crippen molar-refractivity contribution in [3.8, 4) is 0 Å². The molecule has 1 aromatic heterocycles. The second-order valence-corrected chi connectivity index (χ2v) is 6.53. The number of hydrogen-bond acceptors (Lipinski definition) is 2. The van der Waals surface area contributed by atoms with Gasteiger partial charge in [0.05, 0.1) is 11.9 Å². The van der Waals surface area contributed by atoms with Crippen LogP contribution in [0.1, 0.15) is 30.9 Å². The number of nitrogens with one attached hydrogen (secondary N) is 1. The van der Waals surface area contributed by atoms with Gasteiger partial charge in [0.15, 0.2) is 0 Å². The van der Waals surface area contributed by atoms with E-state index in [9.17, 15) is 0 Å². The van der Waals surface area contributed by atoms with E-state index in [4.69, 9.17) is 0 Å². The molecule has 2 atom stereocenters. The Bertz CT molecular complexity index is 598. The molecular formula is C18H23N3. The molecular weight excluding hydrogens is 258 g/mol. The van der Waals surface area contributed by atoms with Crippen molar-refractivity contribution in [2.24, 2.45) is 11.8 Å². The lowest BCUT2D eigenvalue weighted by Crippen LogP contribution is -2.30. The Balaban J connectivity index is 1.57. The fraction of sp³-hybridized carbons (Fsp3) is 0.500. The summed E-state index contributed by atoms with van der Waals surface area (Å²) in [6.45, 7) is 3.06. The van der Waals surface area contributed by atoms with Crippen molar-refractivity contribution in [2.75, 3.05) is 5.32 Å². The molecule has 0 amide bonds. The minimum atomic E-state index is 0.604. The van der Waals surface area contributed by atoms with Crippen LogP contribution in [0.15, 0.2) is 36.7 Å². The van der Waals surface area contributed by atoms with Crippen molar-refractivity contribution in [1.29, 1.82) is 0 Å². The fourth-order valence-corrected chi connectivity index (χ4v) is 4.19. The predicted molar refractivity (Wildman–Crippen MR) is 85.4 cm³/mol. The largest absolute Gasteiger partial charge is 0.379 e. The highest BCUT2D eigenvalue weighted by atomic mass is 15.3. The zero-order valence-electron chi connectivity index (χ0n) is 12.6. The van der Waals surface area contributed by atoms with Crippen molar-refractivity contribution in [1.82, 2.24) is 9.78 Å². The van der Waals surface area contributed by atoms with Crippen LogP contribution in [0.3, 0.4) is 0 Å². The standard InChI is InChI=1S/C18H23N3/c1-2-21-12-17(11-19-21)20-18-15-7-8-16(18)10-14-6-4-3-5-13(14)9-15/h3-6,11-12,15-16,18,20H,2,7-10H2,1H3. The van der Waals surface area contributed by atoms with Gasteiger partial charge in [-0.3, -0.25) is 4.68 Å². The summed E-state index contributed by atoms with van der Waals surface area (Å²) in [6.07, 6.45) is 9.29. The lowest BCUT2D eigenvalue weighted by atomic mass is 9.94. The minimum absolute atomic E-state index is 0.604. The first-order valence-electron chi connectivity index (χ1n) is 8.19. The number of aryl methyl sites for hydroxylation is 1. The highest BCUT2D eigenvalue weighted by Crippen LogP contribution is 2.41. The number of nitrogens with zero attached hydrogens (tertiary/aromatic N) is 2. The number of anilines is 1. The number of aromatic nitrogens is 2. The van der Waals surface area contributed by atoms with E-state index < -0.39 is 0 Å². The second-order valence-electron chi connectivity index (χ2n) is 6.53. The van der Waals surface area contributed by atoms with Gasteiger partial charge in [0.2, 0.25) is 0 Å². The molecule has 0 spiro atoms. The van der Waals surface area contributed by atoms with Gasteiger partial charge in [0, 0.05) is 18.8 Å². The van der Waals surface area contributed by atoms with E-state index in [0.717, 1.165) is 18.4 Å². The van der Waals surface area contributed by atoms with Gasteiger partial charge in [-0.15, -0.1) is 0 Å². The highest BCUT2D eigenvalue weighted by Gasteiger charge is 2.38. The van der Waals surface area contributed by atoms with Crippen molar-refractivity contribution < 1.29 is 0 Å². The van der Waals surface area contributed by atoms with Crippen molar-refractivity contribution in [2.45, 2.75) is 45.2 Å². The van der Waals surface area contributed by atoms with Gasteiger partial charge in [-0.1, -0.05) is 24.3 Å². The molecule has 2 aromatic rings. The molecule has 3 heteroatoms. The van der Waals surface area contributed by atoms with Crippen LogP contribution in [0.25, 0.3) is 0 Å². The van der Waals surface area contributed by atoms with E-state index in [1.807, 2.05) is 10.9 Å². The smallest absolute Gasteiger partial charge is 0.0728 e. The summed E-state index contributed by atoms with van der Waals surface area (Å²) in [4.78, 5) is 0. The second kappa shape index (κ2) is 5.21. The lowest BCUT2D eigenvalue weighted by molar-refractivity contribution is 0.449. The molecule has 4 rings (SSSR count). The van der Waals surface area contributed by atoms with E-state index in [1.165, 1.54) is 31.4 Å². The van der Waals surface area contributed by atoms with Gasteiger partial charge in [-0.05, 0) is 55.6 Å². The molecule has 0 saturated heterocycles. The van der Waals surface area contributed by atoms with Crippen molar-refractivity contribution in [3.05, 3.63) is 47.8 Å². The number of rotatable bonds is 3. The normalized spacial score (nSPS) is 27.2. The highest BCUT2D eigenvalue weighted by molar-refractivity contribution is 5.41. The first-order chi connectivity index (χ1) is 10.3. The molecule has 110 valence electrons. The van der Waals surface area contributed by atoms with Crippen LogP contribution in [-0.4, -0.2) is 15.8 Å². The zero-order valence-corrected chi connectivity index (χ0v) is 12.6. The molecule has 21 heavy (non-hydrogen) atoms. The molecule has 2 unspecified atom stereocenters. The quantitative estimate of drug-likeness (QED) is 0.933. The molecule has 0 aliphatic heterocycles. The average molecular weight is 281 g/mol. The van der Waals surface area contributed by atoms with Crippen LogP contribution in [-0.2, 0) is 19.4 Å². The van der Waals surface area contributed by atoms with Gasteiger partial charge in [0.1, 0.15) is 0 Å². The lowest BCUT2D eigenvalue weighted by Gasteiger charge is -2.23. The number of benzene rings is 1. The maximum atomic E-state index is 4.39. The van der Waals surface area contributed by atoms with Crippen LogP contribution in [0.2, 0.25) is 0 Å². The third kappa shape index (κ3) is 2.35. The predicted octanol–water partition coefficient (Wildman–Crippen LogP) is 3.51. The molecule has 2 aliphatic rings. The summed E-state index contributed by atoms with van der Waals surface area (Å²) in [5.41, 5.74) is 4.33. The monoisotopic (exact) mass is 281 g/mol. The molecule has 3 nitrogen and oxygen atoms in total. The van der Waals surface area contributed by atoms with Crippen LogP contribution in [0, 0.1) is 11.8 Å². The SMILES string of the molecule is CCn1cc(NC2C3CCC2Cc2ccccc2C3)cn1. The fourth-order valence-electron chi connectivity index (χ4n) is 4.19. The van der Waals surface area contributed by atoms with Gasteiger partial charge in [0.25, 0.3) is 0 Å². The topological polar surface area (TPSA) is 29.9 Å². The first kappa shape index (κ1) is 12.9. The molecule has 2 aliphatic carbocycles. The Morgan fingerprint density at radius 3 is 2.38 bits per heavy atom. The van der Waals surface area contributed by atoms with Crippen LogP contribution < -0.4 is 5.32 Å². The summed E-state index contributed by atoms with van der Waals surface area (Å²) in [5, 5.41) is 8.18. The third-order valence-electron chi connectivity index (χ3n) is 5.30. The molecule has 1 saturated carbocycles. The maximum Gasteiger partial charge on any atom is 0.0728 e. The minimum Gasteiger partial charge on any atom is -0.379 e. The van der Waals surface area contributed by atoms with E-state index in [1.54, 1.807) is 11.1 Å². The summed E-state index contributed by atoms with van der Waals surface area (Å²) in [7, 11) is 0. The summed E-state index contributed by atoms with van der Waals surface area (Å²) in [5.74, 6) is 1.53. The van der Waals surface area contributed by atoms with E-state index in [2.05, 4.69) is 47.8 Å².